The van der Waals surface area contributed by atoms with Gasteiger partial charge in [-0.15, -0.1) is 0 Å². The molecule has 2 rings (SSSR count). The molecule has 0 bridgehead atoms. The van der Waals surface area contributed by atoms with E-state index in [0.717, 1.165) is 0 Å². The minimum absolute atomic E-state index is 0.0972. The van der Waals surface area contributed by atoms with Gasteiger partial charge in [0.05, 0.1) is 19.8 Å². The van der Waals surface area contributed by atoms with Crippen molar-refractivity contribution in [3.63, 3.8) is 0 Å². The first kappa shape index (κ1) is 12.4. The largest absolute Gasteiger partial charge is 0.459 e. The second-order valence-corrected chi connectivity index (χ2v) is 3.60. The Balaban J connectivity index is 2.24. The average molecular weight is 251 g/mol. The number of hydrogen-bond donors (Lipinski definition) is 0. The third kappa shape index (κ3) is 2.43. The molecular formula is C11H13N3O4. The number of aromatic nitrogens is 1. The molecule has 0 spiro atoms. The summed E-state index contributed by atoms with van der Waals surface area (Å²) in [7, 11) is 0. The lowest BCUT2D eigenvalue weighted by molar-refractivity contribution is 0.0481. The third-order valence-electron chi connectivity index (χ3n) is 2.46. The Morgan fingerprint density at radius 3 is 2.89 bits per heavy atom. The molecule has 7 heteroatoms. The van der Waals surface area contributed by atoms with Crippen molar-refractivity contribution in [3.05, 3.63) is 11.6 Å². The van der Waals surface area contributed by atoms with Crippen molar-refractivity contribution in [2.45, 2.75) is 6.92 Å². The maximum Gasteiger partial charge on any atom is 0.394 e. The smallest absolute Gasteiger partial charge is 0.394 e. The Morgan fingerprint density at radius 2 is 2.28 bits per heavy atom. The minimum Gasteiger partial charge on any atom is -0.459 e. The lowest BCUT2D eigenvalue weighted by Gasteiger charge is -2.25. The monoisotopic (exact) mass is 251 g/mol. The summed E-state index contributed by atoms with van der Waals surface area (Å²) in [6, 6.07) is 1.92. The van der Waals surface area contributed by atoms with Crippen LogP contribution in [-0.2, 0) is 9.47 Å². The average Bonchev–Trinajstić information content (AvgIpc) is 2.84. The Morgan fingerprint density at radius 1 is 1.56 bits per heavy atom. The SMILES string of the molecule is CCOC(=O)c1nc(C#N)c(N2CCOCC2)o1. The van der Waals surface area contributed by atoms with Crippen LogP contribution in [0.25, 0.3) is 0 Å². The van der Waals surface area contributed by atoms with Crippen molar-refractivity contribution in [1.29, 1.82) is 5.26 Å². The molecule has 1 aromatic rings. The van der Waals surface area contributed by atoms with Crippen LogP contribution >= 0.6 is 0 Å². The summed E-state index contributed by atoms with van der Waals surface area (Å²) in [5.41, 5.74) is 0.0972. The molecule has 1 fully saturated rings. The predicted molar refractivity (Wildman–Crippen MR) is 60.2 cm³/mol. The molecule has 0 amide bonds. The number of morpholine rings is 1. The van der Waals surface area contributed by atoms with Crippen LogP contribution in [0.5, 0.6) is 0 Å². The van der Waals surface area contributed by atoms with Crippen LogP contribution in [0.1, 0.15) is 23.3 Å². The number of rotatable bonds is 3. The number of anilines is 1. The summed E-state index contributed by atoms with van der Waals surface area (Å²) in [5, 5.41) is 8.99. The van der Waals surface area contributed by atoms with E-state index in [0.29, 0.717) is 32.2 Å². The van der Waals surface area contributed by atoms with Crippen molar-refractivity contribution < 1.29 is 18.7 Å². The van der Waals surface area contributed by atoms with Crippen LogP contribution < -0.4 is 4.90 Å². The summed E-state index contributed by atoms with van der Waals surface area (Å²) in [6.45, 7) is 4.24. The molecule has 96 valence electrons. The highest BCUT2D eigenvalue weighted by Gasteiger charge is 2.24. The van der Waals surface area contributed by atoms with Crippen LogP contribution in [0.4, 0.5) is 5.88 Å². The van der Waals surface area contributed by atoms with E-state index in [1.807, 2.05) is 11.0 Å². The number of carbonyl (C=O) groups excluding carboxylic acids is 1. The van der Waals surface area contributed by atoms with E-state index >= 15 is 0 Å². The quantitative estimate of drug-likeness (QED) is 0.725. The molecule has 0 aliphatic carbocycles. The molecule has 0 aromatic carbocycles. The van der Waals surface area contributed by atoms with Gasteiger partial charge in [0, 0.05) is 13.1 Å². The van der Waals surface area contributed by atoms with Gasteiger partial charge in [0.2, 0.25) is 11.6 Å². The third-order valence-corrected chi connectivity index (χ3v) is 2.46. The molecule has 1 aliphatic heterocycles. The van der Waals surface area contributed by atoms with E-state index in [1.165, 1.54) is 0 Å². The van der Waals surface area contributed by atoms with Gasteiger partial charge < -0.3 is 18.8 Å². The zero-order chi connectivity index (χ0) is 13.0. The first-order valence-corrected chi connectivity index (χ1v) is 5.67. The maximum atomic E-state index is 11.5. The van der Waals surface area contributed by atoms with Crippen molar-refractivity contribution in [2.24, 2.45) is 0 Å². The lowest BCUT2D eigenvalue weighted by Crippen LogP contribution is -2.36. The molecule has 1 aliphatic rings. The fraction of sp³-hybridized carbons (Fsp3) is 0.545. The minimum atomic E-state index is -0.659. The molecule has 0 N–H and O–H groups in total. The zero-order valence-corrected chi connectivity index (χ0v) is 10.0. The highest BCUT2D eigenvalue weighted by molar-refractivity contribution is 5.85. The standard InChI is InChI=1S/C11H13N3O4/c1-2-17-11(15)9-13-8(7-12)10(18-9)14-3-5-16-6-4-14/h2-6H2,1H3. The van der Waals surface area contributed by atoms with Crippen LogP contribution in [0.15, 0.2) is 4.42 Å². The van der Waals surface area contributed by atoms with Crippen LogP contribution in [-0.4, -0.2) is 43.9 Å². The highest BCUT2D eigenvalue weighted by atomic mass is 16.5. The first-order valence-electron chi connectivity index (χ1n) is 5.67. The molecule has 0 unspecified atom stereocenters. The number of oxazole rings is 1. The normalized spacial score (nSPS) is 15.2. The maximum absolute atomic E-state index is 11.5. The number of hydrogen-bond acceptors (Lipinski definition) is 7. The molecule has 0 atom stereocenters. The molecular weight excluding hydrogens is 238 g/mol. The van der Waals surface area contributed by atoms with E-state index in [9.17, 15) is 4.79 Å². The topological polar surface area (TPSA) is 88.6 Å². The molecule has 1 saturated heterocycles. The van der Waals surface area contributed by atoms with Crippen molar-refractivity contribution in [1.82, 2.24) is 4.98 Å². The van der Waals surface area contributed by atoms with E-state index in [2.05, 4.69) is 4.98 Å². The molecule has 1 aromatic heterocycles. The number of nitriles is 1. The van der Waals surface area contributed by atoms with E-state index in [4.69, 9.17) is 19.2 Å². The lowest BCUT2D eigenvalue weighted by atomic mass is 10.4. The summed E-state index contributed by atoms with van der Waals surface area (Å²) < 4.78 is 15.3. The molecule has 0 radical (unpaired) electrons. The van der Waals surface area contributed by atoms with E-state index in [-0.39, 0.29) is 18.2 Å². The fourth-order valence-electron chi connectivity index (χ4n) is 1.65. The number of esters is 1. The highest BCUT2D eigenvalue weighted by Crippen LogP contribution is 2.22. The molecule has 7 nitrogen and oxygen atoms in total. The van der Waals surface area contributed by atoms with Crippen molar-refractivity contribution in [3.8, 4) is 6.07 Å². The summed E-state index contributed by atoms with van der Waals surface area (Å²) in [5.74, 6) is -0.535. The summed E-state index contributed by atoms with van der Waals surface area (Å²) in [6.07, 6.45) is 0. The Kier molecular flexibility index (Phi) is 3.79. The van der Waals surface area contributed by atoms with Crippen LogP contribution in [0.2, 0.25) is 0 Å². The number of nitrogens with zero attached hydrogens (tertiary/aromatic N) is 3. The number of carbonyl (C=O) groups is 1. The van der Waals surface area contributed by atoms with Crippen LogP contribution in [0.3, 0.4) is 0 Å². The van der Waals surface area contributed by atoms with E-state index in [1.54, 1.807) is 6.92 Å². The summed E-state index contributed by atoms with van der Waals surface area (Å²) >= 11 is 0. The second-order valence-electron chi connectivity index (χ2n) is 3.60. The fourth-order valence-corrected chi connectivity index (χ4v) is 1.65. The first-order chi connectivity index (χ1) is 8.76. The predicted octanol–water partition coefficient (Wildman–Crippen LogP) is 0.560. The Bertz CT molecular complexity index is 471. The molecule has 18 heavy (non-hydrogen) atoms. The molecule has 2 heterocycles. The zero-order valence-electron chi connectivity index (χ0n) is 10.0. The van der Waals surface area contributed by atoms with Gasteiger partial charge in [-0.1, -0.05) is 0 Å². The number of ether oxygens (including phenoxy) is 2. The Hall–Kier alpha value is -2.07. The van der Waals surface area contributed by atoms with Crippen LogP contribution in [0, 0.1) is 11.3 Å². The van der Waals surface area contributed by atoms with Gasteiger partial charge in [0.25, 0.3) is 0 Å². The van der Waals surface area contributed by atoms with Gasteiger partial charge >= 0.3 is 11.9 Å². The van der Waals surface area contributed by atoms with Gasteiger partial charge in [-0.05, 0) is 6.92 Å². The van der Waals surface area contributed by atoms with Gasteiger partial charge in [0.1, 0.15) is 6.07 Å². The summed E-state index contributed by atoms with van der Waals surface area (Å²) in [4.78, 5) is 17.1. The van der Waals surface area contributed by atoms with Gasteiger partial charge in [-0.2, -0.15) is 10.2 Å². The van der Waals surface area contributed by atoms with Gasteiger partial charge in [-0.3, -0.25) is 0 Å². The van der Waals surface area contributed by atoms with Crippen molar-refractivity contribution >= 4 is 11.9 Å². The molecule has 0 saturated carbocycles. The second kappa shape index (κ2) is 5.51. The van der Waals surface area contributed by atoms with Gasteiger partial charge in [-0.25, -0.2) is 4.79 Å². The van der Waals surface area contributed by atoms with Gasteiger partial charge in [0.15, 0.2) is 0 Å². The van der Waals surface area contributed by atoms with Crippen molar-refractivity contribution in [2.75, 3.05) is 37.8 Å². The Labute approximate surface area is 104 Å². The van der Waals surface area contributed by atoms with E-state index < -0.39 is 5.97 Å².